The van der Waals surface area contributed by atoms with Gasteiger partial charge in [-0.3, -0.25) is 4.79 Å². The Bertz CT molecular complexity index is 345. The van der Waals surface area contributed by atoms with Crippen molar-refractivity contribution >= 4 is 12.0 Å². The van der Waals surface area contributed by atoms with Gasteiger partial charge in [0, 0.05) is 38.7 Å². The molecule has 21 heavy (non-hydrogen) atoms. The van der Waals surface area contributed by atoms with Gasteiger partial charge in [0.05, 0.1) is 0 Å². The largest absolute Gasteiger partial charge is 0.481 e. The van der Waals surface area contributed by atoms with Crippen LogP contribution in [0.1, 0.15) is 46.0 Å². The molecule has 1 heterocycles. The number of nitrogens with zero attached hydrogens (tertiary/aromatic N) is 2. The molecule has 6 nitrogen and oxygen atoms in total. The number of carboxylic acid groups (broad SMARTS) is 1. The SMILES string of the molecule is CC(C)N(CCCC(=O)O)C(=O)N1CCCC(CCO)C1. The Hall–Kier alpha value is -1.30. The van der Waals surface area contributed by atoms with Crippen molar-refractivity contribution in [3.8, 4) is 0 Å². The first kappa shape index (κ1) is 17.8. The van der Waals surface area contributed by atoms with Gasteiger partial charge in [0.25, 0.3) is 0 Å². The molecule has 0 spiro atoms. The molecule has 2 N–H and O–H groups in total. The van der Waals surface area contributed by atoms with E-state index in [2.05, 4.69) is 0 Å². The van der Waals surface area contributed by atoms with Crippen LogP contribution in [0.2, 0.25) is 0 Å². The fraction of sp³-hybridized carbons (Fsp3) is 0.867. The number of aliphatic hydroxyl groups is 1. The van der Waals surface area contributed by atoms with E-state index in [9.17, 15) is 9.59 Å². The van der Waals surface area contributed by atoms with Crippen LogP contribution in [0, 0.1) is 5.92 Å². The molecule has 0 saturated carbocycles. The number of rotatable bonds is 7. The second kappa shape index (κ2) is 8.87. The fourth-order valence-corrected chi connectivity index (χ4v) is 2.81. The minimum atomic E-state index is -0.827. The molecule has 0 aliphatic carbocycles. The number of aliphatic hydroxyl groups excluding tert-OH is 1. The van der Waals surface area contributed by atoms with Crippen LogP contribution in [0.3, 0.4) is 0 Å². The number of hydrogen-bond donors (Lipinski definition) is 2. The molecule has 1 unspecified atom stereocenters. The average Bonchev–Trinajstić information content (AvgIpc) is 2.43. The zero-order chi connectivity index (χ0) is 15.8. The van der Waals surface area contributed by atoms with E-state index in [1.54, 1.807) is 4.90 Å². The molecule has 1 aliphatic rings. The van der Waals surface area contributed by atoms with Crippen molar-refractivity contribution in [2.24, 2.45) is 5.92 Å². The summed E-state index contributed by atoms with van der Waals surface area (Å²) in [5, 5.41) is 17.7. The molecule has 1 saturated heterocycles. The van der Waals surface area contributed by atoms with Crippen LogP contribution in [-0.2, 0) is 4.79 Å². The third-order valence-corrected chi connectivity index (χ3v) is 3.99. The van der Waals surface area contributed by atoms with Crippen molar-refractivity contribution in [3.63, 3.8) is 0 Å². The van der Waals surface area contributed by atoms with Crippen molar-refractivity contribution in [3.05, 3.63) is 0 Å². The summed E-state index contributed by atoms with van der Waals surface area (Å²) in [5.74, 6) is -0.451. The highest BCUT2D eigenvalue weighted by molar-refractivity contribution is 5.75. The Balaban J connectivity index is 2.56. The quantitative estimate of drug-likeness (QED) is 0.751. The maximum atomic E-state index is 12.6. The summed E-state index contributed by atoms with van der Waals surface area (Å²) < 4.78 is 0. The third-order valence-electron chi connectivity index (χ3n) is 3.99. The highest BCUT2D eigenvalue weighted by Crippen LogP contribution is 2.21. The first-order valence-corrected chi connectivity index (χ1v) is 7.84. The third kappa shape index (κ3) is 5.91. The summed E-state index contributed by atoms with van der Waals surface area (Å²) in [4.78, 5) is 26.8. The Kier molecular flexibility index (Phi) is 7.50. The minimum Gasteiger partial charge on any atom is -0.481 e. The second-order valence-corrected chi connectivity index (χ2v) is 6.03. The van der Waals surface area contributed by atoms with Gasteiger partial charge in [0.1, 0.15) is 0 Å². The molecule has 6 heteroatoms. The van der Waals surface area contributed by atoms with E-state index >= 15 is 0 Å². The monoisotopic (exact) mass is 300 g/mol. The number of hydrogen-bond acceptors (Lipinski definition) is 3. The van der Waals surface area contributed by atoms with E-state index in [4.69, 9.17) is 10.2 Å². The lowest BCUT2D eigenvalue weighted by Gasteiger charge is -2.38. The van der Waals surface area contributed by atoms with Gasteiger partial charge in [-0.2, -0.15) is 0 Å². The van der Waals surface area contributed by atoms with Crippen LogP contribution in [0.5, 0.6) is 0 Å². The van der Waals surface area contributed by atoms with Gasteiger partial charge in [0.2, 0.25) is 0 Å². The molecular weight excluding hydrogens is 272 g/mol. The summed E-state index contributed by atoms with van der Waals surface area (Å²) in [6, 6.07) is 0.0579. The smallest absolute Gasteiger partial charge is 0.320 e. The van der Waals surface area contributed by atoms with Crippen LogP contribution in [-0.4, -0.2) is 64.3 Å². The number of carboxylic acids is 1. The maximum absolute atomic E-state index is 12.6. The number of likely N-dealkylation sites (tertiary alicyclic amines) is 1. The summed E-state index contributed by atoms with van der Waals surface area (Å²) in [6.07, 6.45) is 3.34. The molecule has 122 valence electrons. The number of aliphatic carboxylic acids is 1. The lowest BCUT2D eigenvalue weighted by molar-refractivity contribution is -0.137. The summed E-state index contributed by atoms with van der Waals surface area (Å²) in [5.41, 5.74) is 0. The van der Waals surface area contributed by atoms with Crippen molar-refractivity contribution in [1.29, 1.82) is 0 Å². The van der Waals surface area contributed by atoms with Gasteiger partial charge < -0.3 is 20.0 Å². The Morgan fingerprint density at radius 1 is 1.38 bits per heavy atom. The molecule has 2 amide bonds. The number of amides is 2. The van der Waals surface area contributed by atoms with E-state index < -0.39 is 5.97 Å². The molecular formula is C15H28N2O4. The van der Waals surface area contributed by atoms with Gasteiger partial charge in [0.15, 0.2) is 0 Å². The molecule has 1 fully saturated rings. The predicted octanol–water partition coefficient (Wildman–Crippen LogP) is 1.78. The average molecular weight is 300 g/mol. The van der Waals surface area contributed by atoms with Crippen LogP contribution in [0.4, 0.5) is 4.79 Å². The van der Waals surface area contributed by atoms with E-state index in [1.165, 1.54) is 0 Å². The van der Waals surface area contributed by atoms with Crippen molar-refractivity contribution in [2.75, 3.05) is 26.2 Å². The van der Waals surface area contributed by atoms with Crippen molar-refractivity contribution in [2.45, 2.75) is 52.0 Å². The van der Waals surface area contributed by atoms with Gasteiger partial charge in [-0.15, -0.1) is 0 Å². The van der Waals surface area contributed by atoms with Crippen LogP contribution in [0.25, 0.3) is 0 Å². The number of carbonyl (C=O) groups is 2. The fourth-order valence-electron chi connectivity index (χ4n) is 2.81. The van der Waals surface area contributed by atoms with E-state index in [-0.39, 0.29) is 25.1 Å². The standard InChI is InChI=1S/C15H28N2O4/c1-12(2)17(9-4-6-14(19)20)15(21)16-8-3-5-13(11-16)7-10-18/h12-13,18H,3-11H2,1-2H3,(H,19,20). The van der Waals surface area contributed by atoms with Gasteiger partial charge in [-0.25, -0.2) is 4.79 Å². The van der Waals surface area contributed by atoms with E-state index in [0.717, 1.165) is 25.8 Å². The minimum absolute atomic E-state index is 0.00183. The van der Waals surface area contributed by atoms with Crippen molar-refractivity contribution in [1.82, 2.24) is 9.80 Å². The molecule has 0 aromatic carbocycles. The lowest BCUT2D eigenvalue weighted by atomic mass is 9.95. The van der Waals surface area contributed by atoms with Crippen LogP contribution >= 0.6 is 0 Å². The highest BCUT2D eigenvalue weighted by Gasteiger charge is 2.27. The molecule has 1 atom stereocenters. The Labute approximate surface area is 126 Å². The van der Waals surface area contributed by atoms with Gasteiger partial charge in [-0.05, 0) is 45.4 Å². The normalized spacial score (nSPS) is 18.9. The Morgan fingerprint density at radius 3 is 2.67 bits per heavy atom. The zero-order valence-corrected chi connectivity index (χ0v) is 13.1. The first-order chi connectivity index (χ1) is 9.95. The Morgan fingerprint density at radius 2 is 2.10 bits per heavy atom. The molecule has 1 aliphatic heterocycles. The molecule has 0 aromatic heterocycles. The number of urea groups is 1. The highest BCUT2D eigenvalue weighted by atomic mass is 16.4. The summed E-state index contributed by atoms with van der Waals surface area (Å²) in [7, 11) is 0. The summed E-state index contributed by atoms with van der Waals surface area (Å²) in [6.45, 7) is 6.00. The van der Waals surface area contributed by atoms with Gasteiger partial charge >= 0.3 is 12.0 Å². The summed E-state index contributed by atoms with van der Waals surface area (Å²) >= 11 is 0. The lowest BCUT2D eigenvalue weighted by Crippen LogP contribution is -2.50. The van der Waals surface area contributed by atoms with Gasteiger partial charge in [-0.1, -0.05) is 0 Å². The second-order valence-electron chi connectivity index (χ2n) is 6.03. The van der Waals surface area contributed by atoms with E-state index in [1.807, 2.05) is 18.7 Å². The van der Waals surface area contributed by atoms with Crippen molar-refractivity contribution < 1.29 is 19.8 Å². The molecule has 0 aromatic rings. The van der Waals surface area contributed by atoms with E-state index in [0.29, 0.717) is 25.4 Å². The first-order valence-electron chi connectivity index (χ1n) is 7.84. The molecule has 0 bridgehead atoms. The molecule has 0 radical (unpaired) electrons. The number of piperidine rings is 1. The maximum Gasteiger partial charge on any atom is 0.320 e. The molecule has 1 rings (SSSR count). The number of carbonyl (C=O) groups excluding carboxylic acids is 1. The topological polar surface area (TPSA) is 81.1 Å². The van der Waals surface area contributed by atoms with Crippen LogP contribution in [0.15, 0.2) is 0 Å². The predicted molar refractivity (Wildman–Crippen MR) is 80.1 cm³/mol. The zero-order valence-electron chi connectivity index (χ0n) is 13.1. The van der Waals surface area contributed by atoms with Crippen LogP contribution < -0.4 is 0 Å².